The molecule has 2 N–H and O–H groups in total. The Morgan fingerprint density at radius 2 is 2.25 bits per heavy atom. The summed E-state index contributed by atoms with van der Waals surface area (Å²) < 4.78 is 0. The lowest BCUT2D eigenvalue weighted by molar-refractivity contribution is 0.0859. The van der Waals surface area contributed by atoms with Gasteiger partial charge < -0.3 is 10.4 Å². The number of pyridine rings is 1. The highest BCUT2D eigenvalue weighted by atomic mass is 16.3. The molecule has 1 heterocycles. The average Bonchev–Trinajstić information content (AvgIpc) is 2.33. The van der Waals surface area contributed by atoms with Crippen LogP contribution in [0, 0.1) is 0 Å². The molecule has 2 rings (SSSR count). The molecule has 1 aromatic heterocycles. The van der Waals surface area contributed by atoms with Crippen LogP contribution in [0.1, 0.15) is 44.2 Å². The smallest absolute Gasteiger partial charge is 0.0693 e. The van der Waals surface area contributed by atoms with Crippen molar-refractivity contribution in [2.45, 2.75) is 50.8 Å². The molecule has 1 aromatic rings. The first-order chi connectivity index (χ1) is 7.77. The Hall–Kier alpha value is -0.930. The number of hydrogen-bond donors (Lipinski definition) is 2. The molecule has 0 saturated heterocycles. The van der Waals surface area contributed by atoms with Crippen LogP contribution in [0.25, 0.3) is 0 Å². The maximum absolute atomic E-state index is 9.89. The number of rotatable bonds is 3. The van der Waals surface area contributed by atoms with E-state index in [9.17, 15) is 5.11 Å². The maximum atomic E-state index is 9.89. The van der Waals surface area contributed by atoms with E-state index in [4.69, 9.17) is 0 Å². The van der Waals surface area contributed by atoms with Crippen LogP contribution in [0.15, 0.2) is 24.5 Å². The van der Waals surface area contributed by atoms with E-state index in [1.165, 1.54) is 12.0 Å². The minimum Gasteiger partial charge on any atom is -0.392 e. The van der Waals surface area contributed by atoms with Crippen molar-refractivity contribution in [3.05, 3.63) is 30.1 Å². The molecule has 3 nitrogen and oxygen atoms in total. The van der Waals surface area contributed by atoms with Gasteiger partial charge in [-0.05, 0) is 31.4 Å². The van der Waals surface area contributed by atoms with E-state index in [1.54, 1.807) is 6.20 Å². The van der Waals surface area contributed by atoms with Crippen molar-refractivity contribution in [2.75, 3.05) is 0 Å². The summed E-state index contributed by atoms with van der Waals surface area (Å²) in [5.74, 6) is 0. The molecule has 1 aliphatic carbocycles. The highest BCUT2D eigenvalue weighted by Gasteiger charge is 2.24. The second-order valence-electron chi connectivity index (χ2n) is 4.63. The number of nitrogens with zero attached hydrogens (tertiary/aromatic N) is 1. The van der Waals surface area contributed by atoms with Gasteiger partial charge in [0.25, 0.3) is 0 Å². The first kappa shape index (κ1) is 11.6. The molecule has 3 heteroatoms. The third-order valence-corrected chi connectivity index (χ3v) is 3.38. The Labute approximate surface area is 96.9 Å². The van der Waals surface area contributed by atoms with Gasteiger partial charge >= 0.3 is 0 Å². The van der Waals surface area contributed by atoms with Gasteiger partial charge in [-0.2, -0.15) is 0 Å². The van der Waals surface area contributed by atoms with Crippen molar-refractivity contribution >= 4 is 0 Å². The fraction of sp³-hybridized carbons (Fsp3) is 0.615. The van der Waals surface area contributed by atoms with Crippen LogP contribution >= 0.6 is 0 Å². The van der Waals surface area contributed by atoms with E-state index in [1.807, 2.05) is 12.3 Å². The Kier molecular flexibility index (Phi) is 3.91. The van der Waals surface area contributed by atoms with Crippen molar-refractivity contribution in [3.8, 4) is 0 Å². The number of aromatic nitrogens is 1. The standard InChI is InChI=1S/C13H20N2O/c1-10(11-5-4-8-14-9-11)15-12-6-2-3-7-13(12)16/h4-5,8-10,12-13,15-16H,2-3,6-7H2,1H3/t10?,12-,13-/m0/s1. The molecule has 0 spiro atoms. The fourth-order valence-electron chi connectivity index (χ4n) is 2.36. The first-order valence-corrected chi connectivity index (χ1v) is 6.11. The number of aliphatic hydroxyl groups excluding tert-OH is 1. The summed E-state index contributed by atoms with van der Waals surface area (Å²) in [6.07, 6.45) is 7.85. The molecule has 0 radical (unpaired) electrons. The second-order valence-corrected chi connectivity index (χ2v) is 4.63. The largest absolute Gasteiger partial charge is 0.392 e. The van der Waals surface area contributed by atoms with Gasteiger partial charge in [-0.15, -0.1) is 0 Å². The topological polar surface area (TPSA) is 45.1 Å². The molecule has 0 bridgehead atoms. The zero-order valence-electron chi connectivity index (χ0n) is 9.76. The minimum absolute atomic E-state index is 0.187. The van der Waals surface area contributed by atoms with Gasteiger partial charge in [0.2, 0.25) is 0 Å². The summed E-state index contributed by atoms with van der Waals surface area (Å²) in [7, 11) is 0. The highest BCUT2D eigenvalue weighted by Crippen LogP contribution is 2.21. The van der Waals surface area contributed by atoms with Crippen molar-refractivity contribution in [1.82, 2.24) is 10.3 Å². The van der Waals surface area contributed by atoms with Crippen LogP contribution in [-0.4, -0.2) is 22.2 Å². The van der Waals surface area contributed by atoms with Crippen LogP contribution < -0.4 is 5.32 Å². The Morgan fingerprint density at radius 1 is 1.44 bits per heavy atom. The van der Waals surface area contributed by atoms with Gasteiger partial charge in [-0.3, -0.25) is 4.98 Å². The van der Waals surface area contributed by atoms with Gasteiger partial charge in [-0.1, -0.05) is 18.9 Å². The maximum Gasteiger partial charge on any atom is 0.0693 e. The summed E-state index contributed by atoms with van der Waals surface area (Å²) in [5, 5.41) is 13.4. The van der Waals surface area contributed by atoms with E-state index in [2.05, 4.69) is 23.3 Å². The third kappa shape index (κ3) is 2.80. The minimum atomic E-state index is -0.187. The van der Waals surface area contributed by atoms with Crippen molar-refractivity contribution in [2.24, 2.45) is 0 Å². The van der Waals surface area contributed by atoms with Crippen LogP contribution in [0.5, 0.6) is 0 Å². The van der Waals surface area contributed by atoms with Crippen molar-refractivity contribution in [3.63, 3.8) is 0 Å². The van der Waals surface area contributed by atoms with E-state index >= 15 is 0 Å². The lowest BCUT2D eigenvalue weighted by Crippen LogP contribution is -2.43. The summed E-state index contributed by atoms with van der Waals surface area (Å²) >= 11 is 0. The Balaban J connectivity index is 1.94. The SMILES string of the molecule is CC(N[C@H]1CCCC[C@@H]1O)c1cccnc1. The van der Waals surface area contributed by atoms with E-state index in [0.29, 0.717) is 0 Å². The van der Waals surface area contributed by atoms with Crippen LogP contribution in [0.3, 0.4) is 0 Å². The molecule has 1 unspecified atom stereocenters. The molecule has 0 aliphatic heterocycles. The first-order valence-electron chi connectivity index (χ1n) is 6.11. The molecular formula is C13H20N2O. The summed E-state index contributed by atoms with van der Waals surface area (Å²) in [5.41, 5.74) is 1.18. The summed E-state index contributed by atoms with van der Waals surface area (Å²) in [4.78, 5) is 4.12. The van der Waals surface area contributed by atoms with E-state index in [0.717, 1.165) is 19.3 Å². The molecule has 88 valence electrons. The average molecular weight is 220 g/mol. The molecule has 1 aliphatic rings. The quantitative estimate of drug-likeness (QED) is 0.819. The zero-order valence-corrected chi connectivity index (χ0v) is 9.76. The highest BCUT2D eigenvalue weighted by molar-refractivity contribution is 5.13. The lowest BCUT2D eigenvalue weighted by atomic mass is 9.91. The Bertz CT molecular complexity index is 315. The van der Waals surface area contributed by atoms with E-state index in [-0.39, 0.29) is 18.2 Å². The van der Waals surface area contributed by atoms with Crippen molar-refractivity contribution < 1.29 is 5.11 Å². The molecule has 16 heavy (non-hydrogen) atoms. The summed E-state index contributed by atoms with van der Waals surface area (Å²) in [6.45, 7) is 2.12. The monoisotopic (exact) mass is 220 g/mol. The molecule has 1 fully saturated rings. The molecule has 1 saturated carbocycles. The van der Waals surface area contributed by atoms with Crippen LogP contribution in [0.4, 0.5) is 0 Å². The predicted octanol–water partition coefficient (Wildman–Crippen LogP) is 2.04. The number of aliphatic hydroxyl groups is 1. The molecule has 0 aromatic carbocycles. The van der Waals surface area contributed by atoms with Gasteiger partial charge in [0.1, 0.15) is 0 Å². The zero-order chi connectivity index (χ0) is 11.4. The lowest BCUT2D eigenvalue weighted by Gasteiger charge is -2.31. The van der Waals surface area contributed by atoms with Crippen LogP contribution in [-0.2, 0) is 0 Å². The predicted molar refractivity (Wildman–Crippen MR) is 64.1 cm³/mol. The van der Waals surface area contributed by atoms with Gasteiger partial charge in [-0.25, -0.2) is 0 Å². The Morgan fingerprint density at radius 3 is 2.94 bits per heavy atom. The van der Waals surface area contributed by atoms with Crippen LogP contribution in [0.2, 0.25) is 0 Å². The number of hydrogen-bond acceptors (Lipinski definition) is 3. The number of nitrogens with one attached hydrogen (secondary N) is 1. The summed E-state index contributed by atoms with van der Waals surface area (Å²) in [6, 6.07) is 4.51. The fourth-order valence-corrected chi connectivity index (χ4v) is 2.36. The third-order valence-electron chi connectivity index (χ3n) is 3.38. The molecular weight excluding hydrogens is 200 g/mol. The second kappa shape index (κ2) is 5.41. The molecule has 3 atom stereocenters. The normalized spacial score (nSPS) is 27.6. The van der Waals surface area contributed by atoms with Gasteiger partial charge in [0.15, 0.2) is 0 Å². The molecule has 0 amide bonds. The van der Waals surface area contributed by atoms with Crippen molar-refractivity contribution in [1.29, 1.82) is 0 Å². The van der Waals surface area contributed by atoms with Gasteiger partial charge in [0, 0.05) is 24.5 Å². The van der Waals surface area contributed by atoms with E-state index < -0.39 is 0 Å². The van der Waals surface area contributed by atoms with Gasteiger partial charge in [0.05, 0.1) is 6.10 Å².